The van der Waals surface area contributed by atoms with Crippen LogP contribution in [0.15, 0.2) is 24.3 Å². The van der Waals surface area contributed by atoms with E-state index in [0.717, 1.165) is 57.9 Å². The molecule has 1 atom stereocenters. The predicted molar refractivity (Wildman–Crippen MR) is 88.7 cm³/mol. The number of hydrogen-bond acceptors (Lipinski definition) is 5. The van der Waals surface area contributed by atoms with Gasteiger partial charge >= 0.3 is 0 Å². The minimum atomic E-state index is 0.161. The van der Waals surface area contributed by atoms with Crippen LogP contribution in [-0.2, 0) is 9.53 Å². The molecule has 0 radical (unpaired) electrons. The van der Waals surface area contributed by atoms with Crippen LogP contribution in [-0.4, -0.2) is 67.9 Å². The molecule has 0 saturated carbocycles. The summed E-state index contributed by atoms with van der Waals surface area (Å²) in [5.41, 5.74) is 1.09. The number of benzene rings is 1. The van der Waals surface area contributed by atoms with Crippen molar-refractivity contribution >= 4 is 11.6 Å². The third kappa shape index (κ3) is 4.36. The summed E-state index contributed by atoms with van der Waals surface area (Å²) in [6, 6.07) is 7.22. The number of carbonyl (C=O) groups excluding carboxylic acids is 1. The molecule has 0 aromatic heterocycles. The molecule has 6 heteroatoms. The first-order chi connectivity index (χ1) is 11.2. The number of ether oxygens (including phenoxy) is 1. The van der Waals surface area contributed by atoms with Crippen molar-refractivity contribution in [1.29, 1.82) is 0 Å². The first-order valence-corrected chi connectivity index (χ1v) is 8.36. The second kappa shape index (κ2) is 7.66. The molecule has 0 spiro atoms. The van der Waals surface area contributed by atoms with Crippen LogP contribution in [0.4, 0.5) is 5.69 Å². The third-order valence-corrected chi connectivity index (χ3v) is 4.52. The Morgan fingerprint density at radius 3 is 2.61 bits per heavy atom. The quantitative estimate of drug-likeness (QED) is 0.841. The second-order valence-electron chi connectivity index (χ2n) is 6.15. The summed E-state index contributed by atoms with van der Waals surface area (Å²) < 4.78 is 5.54. The first-order valence-electron chi connectivity index (χ1n) is 8.36. The fourth-order valence-corrected chi connectivity index (χ4v) is 3.13. The van der Waals surface area contributed by atoms with E-state index in [1.807, 2.05) is 17.0 Å². The fraction of sp³-hybridized carbons (Fsp3) is 0.588. The summed E-state index contributed by atoms with van der Waals surface area (Å²) in [6.07, 6.45) is 2.49. The van der Waals surface area contributed by atoms with E-state index in [0.29, 0.717) is 6.54 Å². The number of anilines is 1. The zero-order chi connectivity index (χ0) is 16.1. The van der Waals surface area contributed by atoms with Gasteiger partial charge in [-0.05, 0) is 37.1 Å². The van der Waals surface area contributed by atoms with Crippen molar-refractivity contribution in [2.45, 2.75) is 18.9 Å². The summed E-state index contributed by atoms with van der Waals surface area (Å²) in [7, 11) is 0. The number of hydrogen-bond donors (Lipinski definition) is 2. The molecule has 6 nitrogen and oxygen atoms in total. The Labute approximate surface area is 137 Å². The molecule has 0 aliphatic carbocycles. The Bertz CT molecular complexity index is 506. The van der Waals surface area contributed by atoms with Gasteiger partial charge in [0.05, 0.1) is 12.6 Å². The molecule has 23 heavy (non-hydrogen) atoms. The van der Waals surface area contributed by atoms with Gasteiger partial charge in [0.25, 0.3) is 0 Å². The predicted octanol–water partition coefficient (Wildman–Crippen LogP) is 0.809. The van der Waals surface area contributed by atoms with Gasteiger partial charge in [0, 0.05) is 45.0 Å². The van der Waals surface area contributed by atoms with E-state index in [4.69, 9.17) is 4.74 Å². The molecule has 2 aliphatic heterocycles. The van der Waals surface area contributed by atoms with Crippen molar-refractivity contribution in [2.24, 2.45) is 0 Å². The number of phenols is 1. The molecule has 1 unspecified atom stereocenters. The van der Waals surface area contributed by atoms with Gasteiger partial charge < -0.3 is 25.0 Å². The Hall–Kier alpha value is -1.79. The molecule has 2 saturated heterocycles. The van der Waals surface area contributed by atoms with E-state index in [2.05, 4.69) is 10.2 Å². The van der Waals surface area contributed by atoms with Crippen molar-refractivity contribution in [3.05, 3.63) is 24.3 Å². The van der Waals surface area contributed by atoms with Gasteiger partial charge in [-0.25, -0.2) is 0 Å². The normalized spacial score (nSPS) is 21.7. The SMILES string of the molecule is O=C(CNCC1CCCO1)N1CCN(c2ccc(O)cc2)CC1. The smallest absolute Gasteiger partial charge is 0.236 e. The molecule has 1 aromatic carbocycles. The van der Waals surface area contributed by atoms with Crippen molar-refractivity contribution in [3.63, 3.8) is 0 Å². The Balaban J connectivity index is 1.39. The molecule has 126 valence electrons. The maximum atomic E-state index is 12.2. The highest BCUT2D eigenvalue weighted by Gasteiger charge is 2.21. The van der Waals surface area contributed by atoms with Crippen LogP contribution in [0, 0.1) is 0 Å². The standard InChI is InChI=1S/C17H25N3O3/c21-15-5-3-14(4-6-15)19-7-9-20(10-8-19)17(22)13-18-12-16-2-1-11-23-16/h3-6,16,18,21H,1-2,7-13H2. The maximum absolute atomic E-state index is 12.2. The Morgan fingerprint density at radius 1 is 1.22 bits per heavy atom. The number of amides is 1. The highest BCUT2D eigenvalue weighted by atomic mass is 16.5. The number of nitrogens with zero attached hydrogens (tertiary/aromatic N) is 2. The van der Waals surface area contributed by atoms with Gasteiger partial charge in [-0.1, -0.05) is 0 Å². The summed E-state index contributed by atoms with van der Waals surface area (Å²) in [5.74, 6) is 0.438. The number of piperazine rings is 1. The van der Waals surface area contributed by atoms with E-state index in [1.165, 1.54) is 0 Å². The van der Waals surface area contributed by atoms with E-state index in [9.17, 15) is 9.90 Å². The summed E-state index contributed by atoms with van der Waals surface area (Å²) in [5, 5.41) is 12.6. The van der Waals surface area contributed by atoms with Crippen LogP contribution in [0.5, 0.6) is 5.75 Å². The minimum Gasteiger partial charge on any atom is -0.508 e. The van der Waals surface area contributed by atoms with Gasteiger partial charge in [0.1, 0.15) is 5.75 Å². The van der Waals surface area contributed by atoms with Crippen LogP contribution in [0.2, 0.25) is 0 Å². The second-order valence-corrected chi connectivity index (χ2v) is 6.15. The Kier molecular flexibility index (Phi) is 5.35. The van der Waals surface area contributed by atoms with Crippen molar-refractivity contribution in [2.75, 3.05) is 50.8 Å². The maximum Gasteiger partial charge on any atom is 0.236 e. The summed E-state index contributed by atoms with van der Waals surface area (Å²) >= 11 is 0. The van der Waals surface area contributed by atoms with E-state index < -0.39 is 0 Å². The molecule has 0 bridgehead atoms. The van der Waals surface area contributed by atoms with Crippen LogP contribution in [0.25, 0.3) is 0 Å². The van der Waals surface area contributed by atoms with Gasteiger partial charge in [0.2, 0.25) is 5.91 Å². The van der Waals surface area contributed by atoms with Crippen LogP contribution < -0.4 is 10.2 Å². The average molecular weight is 319 g/mol. The average Bonchev–Trinajstić information content (AvgIpc) is 3.09. The Morgan fingerprint density at radius 2 is 1.96 bits per heavy atom. The van der Waals surface area contributed by atoms with Gasteiger partial charge in [-0.15, -0.1) is 0 Å². The largest absolute Gasteiger partial charge is 0.508 e. The monoisotopic (exact) mass is 319 g/mol. The first kappa shape index (κ1) is 16.1. The topological polar surface area (TPSA) is 65.0 Å². The zero-order valence-electron chi connectivity index (χ0n) is 13.4. The number of nitrogens with one attached hydrogen (secondary N) is 1. The zero-order valence-corrected chi connectivity index (χ0v) is 13.4. The fourth-order valence-electron chi connectivity index (χ4n) is 3.13. The van der Waals surface area contributed by atoms with E-state index in [-0.39, 0.29) is 17.8 Å². The summed E-state index contributed by atoms with van der Waals surface area (Å²) in [6.45, 7) is 5.12. The minimum absolute atomic E-state index is 0.161. The third-order valence-electron chi connectivity index (χ3n) is 4.52. The highest BCUT2D eigenvalue weighted by molar-refractivity contribution is 5.78. The van der Waals surface area contributed by atoms with E-state index >= 15 is 0 Å². The lowest BCUT2D eigenvalue weighted by molar-refractivity contribution is -0.130. The molecule has 2 N–H and O–H groups in total. The molecule has 2 fully saturated rings. The van der Waals surface area contributed by atoms with Crippen LogP contribution in [0.3, 0.4) is 0 Å². The lowest BCUT2D eigenvalue weighted by atomic mass is 10.2. The molecule has 1 aromatic rings. The van der Waals surface area contributed by atoms with Crippen LogP contribution in [0.1, 0.15) is 12.8 Å². The molecular formula is C17H25N3O3. The summed E-state index contributed by atoms with van der Waals surface area (Å²) in [4.78, 5) is 16.4. The molecule has 2 aliphatic rings. The number of aromatic hydroxyl groups is 1. The molecule has 2 heterocycles. The van der Waals surface area contributed by atoms with E-state index in [1.54, 1.807) is 12.1 Å². The number of phenolic OH excluding ortho intramolecular Hbond substituents is 1. The number of carbonyl (C=O) groups is 1. The van der Waals surface area contributed by atoms with Gasteiger partial charge in [-0.2, -0.15) is 0 Å². The van der Waals surface area contributed by atoms with Crippen molar-refractivity contribution < 1.29 is 14.6 Å². The molecule has 1 amide bonds. The van der Waals surface area contributed by atoms with Gasteiger partial charge in [-0.3, -0.25) is 4.79 Å². The highest BCUT2D eigenvalue weighted by Crippen LogP contribution is 2.19. The van der Waals surface area contributed by atoms with Crippen LogP contribution >= 0.6 is 0 Å². The lowest BCUT2D eigenvalue weighted by Gasteiger charge is -2.36. The van der Waals surface area contributed by atoms with Gasteiger partial charge in [0.15, 0.2) is 0 Å². The molecule has 3 rings (SSSR count). The van der Waals surface area contributed by atoms with Crippen molar-refractivity contribution in [3.8, 4) is 5.75 Å². The lowest BCUT2D eigenvalue weighted by Crippen LogP contribution is -2.51. The number of rotatable bonds is 5. The van der Waals surface area contributed by atoms with Crippen molar-refractivity contribution in [1.82, 2.24) is 10.2 Å². The molecular weight excluding hydrogens is 294 g/mol.